The molecule has 0 aliphatic heterocycles. The first-order chi connectivity index (χ1) is 4.47. The van der Waals surface area contributed by atoms with Gasteiger partial charge in [-0.3, -0.25) is 0 Å². The van der Waals surface area contributed by atoms with Crippen LogP contribution in [0.3, 0.4) is 0 Å². The maximum Gasteiger partial charge on any atom is -0.00510 e. The third-order valence-corrected chi connectivity index (χ3v) is 2.16. The Balaban J connectivity index is 2.01. The molecule has 0 nitrogen and oxygen atoms in total. The Morgan fingerprint density at radius 2 is 2.11 bits per heavy atom. The van der Waals surface area contributed by atoms with E-state index in [1.807, 2.05) is 0 Å². The molecule has 2 aliphatic carbocycles. The van der Waals surface area contributed by atoms with Gasteiger partial charge in [-0.2, -0.15) is 0 Å². The van der Waals surface area contributed by atoms with Crippen molar-refractivity contribution in [1.82, 2.24) is 0 Å². The summed E-state index contributed by atoms with van der Waals surface area (Å²) in [6.07, 6.45) is 11.4. The lowest BCUT2D eigenvalue weighted by molar-refractivity contribution is 0.459. The lowest BCUT2D eigenvalue weighted by atomic mass is 9.82. The molecule has 0 aromatic heterocycles. The topological polar surface area (TPSA) is 0 Å². The molecule has 0 saturated carbocycles. The molecular formula is C9H10. The maximum absolute atomic E-state index is 3.14. The zero-order chi connectivity index (χ0) is 6.10. The average molecular weight is 118 g/mol. The third kappa shape index (κ3) is 0.760. The van der Waals surface area contributed by atoms with Crippen LogP contribution in [0.4, 0.5) is 0 Å². The molecule has 2 aliphatic rings. The van der Waals surface area contributed by atoms with E-state index in [2.05, 4.69) is 30.0 Å². The normalized spacial score (nSPS) is 37.3. The summed E-state index contributed by atoms with van der Waals surface area (Å²) >= 11 is 0. The van der Waals surface area contributed by atoms with E-state index < -0.39 is 0 Å². The van der Waals surface area contributed by atoms with Crippen LogP contribution in [0.2, 0.25) is 0 Å². The molecule has 0 fully saturated rings. The second-order valence-electron chi connectivity index (χ2n) is 2.76. The summed E-state index contributed by atoms with van der Waals surface area (Å²) in [4.78, 5) is 0. The Morgan fingerprint density at radius 1 is 1.22 bits per heavy atom. The van der Waals surface area contributed by atoms with Gasteiger partial charge in [0.2, 0.25) is 0 Å². The van der Waals surface area contributed by atoms with Crippen LogP contribution in [-0.2, 0) is 0 Å². The monoisotopic (exact) mass is 118 g/mol. The molecule has 0 heterocycles. The maximum atomic E-state index is 3.14. The van der Waals surface area contributed by atoms with E-state index in [9.17, 15) is 0 Å². The van der Waals surface area contributed by atoms with Gasteiger partial charge >= 0.3 is 0 Å². The number of hydrogen-bond donors (Lipinski definition) is 0. The van der Waals surface area contributed by atoms with Crippen LogP contribution < -0.4 is 0 Å². The summed E-state index contributed by atoms with van der Waals surface area (Å²) in [6, 6.07) is 0. The molecule has 2 unspecified atom stereocenters. The molecule has 46 valence electrons. The number of allylic oxidation sites excluding steroid dienone is 3. The lowest BCUT2D eigenvalue weighted by Crippen LogP contribution is -2.12. The van der Waals surface area contributed by atoms with Gasteiger partial charge in [0.1, 0.15) is 0 Å². The molecule has 9 heavy (non-hydrogen) atoms. The summed E-state index contributed by atoms with van der Waals surface area (Å²) in [5.41, 5.74) is 3.14. The zero-order valence-electron chi connectivity index (χ0n) is 5.38. The second-order valence-corrected chi connectivity index (χ2v) is 2.76. The van der Waals surface area contributed by atoms with Gasteiger partial charge in [-0.25, -0.2) is 0 Å². The first-order valence-electron chi connectivity index (χ1n) is 3.54. The van der Waals surface area contributed by atoms with Crippen molar-refractivity contribution in [3.05, 3.63) is 30.0 Å². The first-order valence-corrected chi connectivity index (χ1v) is 3.54. The predicted molar refractivity (Wildman–Crippen MR) is 38.0 cm³/mol. The van der Waals surface area contributed by atoms with E-state index in [-0.39, 0.29) is 0 Å². The van der Waals surface area contributed by atoms with Gasteiger partial charge in [0.05, 0.1) is 0 Å². The van der Waals surface area contributed by atoms with Crippen LogP contribution in [0.25, 0.3) is 0 Å². The minimum absolute atomic E-state index is 0.787. The van der Waals surface area contributed by atoms with Crippen molar-refractivity contribution < 1.29 is 0 Å². The van der Waals surface area contributed by atoms with Gasteiger partial charge in [-0.15, -0.1) is 5.73 Å². The van der Waals surface area contributed by atoms with E-state index in [0.29, 0.717) is 0 Å². The van der Waals surface area contributed by atoms with E-state index in [4.69, 9.17) is 0 Å². The molecule has 2 rings (SSSR count). The van der Waals surface area contributed by atoms with E-state index in [1.165, 1.54) is 12.8 Å². The Kier molecular flexibility index (Phi) is 1.07. The molecule has 2 atom stereocenters. The molecule has 0 aromatic rings. The fourth-order valence-electron chi connectivity index (χ4n) is 1.37. The van der Waals surface area contributed by atoms with Crippen molar-refractivity contribution in [2.24, 2.45) is 11.8 Å². The number of rotatable bonds is 1. The highest BCUT2D eigenvalue weighted by molar-refractivity contribution is 5.12. The van der Waals surface area contributed by atoms with Crippen LogP contribution in [0, 0.1) is 11.8 Å². The van der Waals surface area contributed by atoms with Gasteiger partial charge in [-0.1, -0.05) is 12.2 Å². The molecule has 0 amide bonds. The molecular weight excluding hydrogens is 108 g/mol. The van der Waals surface area contributed by atoms with Gasteiger partial charge in [-0.05, 0) is 36.8 Å². The second kappa shape index (κ2) is 1.89. The quantitative estimate of drug-likeness (QED) is 0.366. The van der Waals surface area contributed by atoms with Crippen LogP contribution in [0.1, 0.15) is 12.8 Å². The van der Waals surface area contributed by atoms with Crippen LogP contribution in [-0.4, -0.2) is 0 Å². The van der Waals surface area contributed by atoms with Crippen molar-refractivity contribution in [2.75, 3.05) is 0 Å². The van der Waals surface area contributed by atoms with Gasteiger partial charge in [0, 0.05) is 0 Å². The van der Waals surface area contributed by atoms with E-state index in [0.717, 1.165) is 11.8 Å². The molecule has 0 aromatic carbocycles. The summed E-state index contributed by atoms with van der Waals surface area (Å²) in [5.74, 6) is 1.63. The summed E-state index contributed by atoms with van der Waals surface area (Å²) < 4.78 is 0. The Labute approximate surface area is 55.6 Å². The SMILES string of the molecule is C1=CCC(C2C=CC2)C=1. The lowest BCUT2D eigenvalue weighted by Gasteiger charge is -2.22. The Bertz CT molecular complexity index is 192. The summed E-state index contributed by atoms with van der Waals surface area (Å²) in [6.45, 7) is 0. The van der Waals surface area contributed by atoms with Gasteiger partial charge in [0.15, 0.2) is 0 Å². The minimum atomic E-state index is 0.787. The van der Waals surface area contributed by atoms with Crippen LogP contribution in [0.5, 0.6) is 0 Å². The first kappa shape index (κ1) is 5.08. The van der Waals surface area contributed by atoms with Crippen molar-refractivity contribution in [2.45, 2.75) is 12.8 Å². The summed E-state index contributed by atoms with van der Waals surface area (Å²) in [5, 5.41) is 0. The van der Waals surface area contributed by atoms with Crippen molar-refractivity contribution in [3.63, 3.8) is 0 Å². The van der Waals surface area contributed by atoms with Crippen LogP contribution >= 0.6 is 0 Å². The minimum Gasteiger partial charge on any atom is -0.129 e. The third-order valence-electron chi connectivity index (χ3n) is 2.16. The van der Waals surface area contributed by atoms with Crippen molar-refractivity contribution in [3.8, 4) is 0 Å². The highest BCUT2D eigenvalue weighted by Gasteiger charge is 2.20. The zero-order valence-corrected chi connectivity index (χ0v) is 5.38. The Morgan fingerprint density at radius 3 is 2.56 bits per heavy atom. The smallest absolute Gasteiger partial charge is 0.00510 e. The fourth-order valence-corrected chi connectivity index (χ4v) is 1.37. The Hall–Kier alpha value is -0.740. The van der Waals surface area contributed by atoms with Crippen LogP contribution in [0.15, 0.2) is 30.0 Å². The number of hydrogen-bond acceptors (Lipinski definition) is 0. The average Bonchev–Trinajstić information content (AvgIpc) is 2.11. The van der Waals surface area contributed by atoms with Crippen molar-refractivity contribution >= 4 is 0 Å². The standard InChI is InChI=1S/C9H10/c1-2-5-8(4-1)9-6-3-7-9/h1,3,5-6,8-9H,4,7H2. The molecule has 0 saturated heterocycles. The largest absolute Gasteiger partial charge is 0.129 e. The van der Waals surface area contributed by atoms with Crippen molar-refractivity contribution in [1.29, 1.82) is 0 Å². The van der Waals surface area contributed by atoms with Gasteiger partial charge < -0.3 is 0 Å². The van der Waals surface area contributed by atoms with E-state index >= 15 is 0 Å². The predicted octanol–water partition coefficient (Wildman–Crippen LogP) is 2.29. The molecule has 0 radical (unpaired) electrons. The fraction of sp³-hybridized carbons (Fsp3) is 0.444. The molecule has 0 bridgehead atoms. The molecule has 0 N–H and O–H groups in total. The molecule has 0 heteroatoms. The summed E-state index contributed by atoms with van der Waals surface area (Å²) in [7, 11) is 0. The molecule has 0 spiro atoms. The highest BCUT2D eigenvalue weighted by atomic mass is 14.2. The van der Waals surface area contributed by atoms with E-state index in [1.54, 1.807) is 0 Å². The van der Waals surface area contributed by atoms with Gasteiger partial charge in [0.25, 0.3) is 0 Å². The highest BCUT2D eigenvalue weighted by Crippen LogP contribution is 2.30.